The topological polar surface area (TPSA) is 74.6 Å². The molecular weight excluding hydrogens is 208 g/mol. The molecule has 15 heavy (non-hydrogen) atoms. The summed E-state index contributed by atoms with van der Waals surface area (Å²) in [5.41, 5.74) is -1.62. The summed E-state index contributed by atoms with van der Waals surface area (Å²) in [7, 11) is 0. The van der Waals surface area contributed by atoms with E-state index in [0.29, 0.717) is 6.42 Å². The van der Waals surface area contributed by atoms with Crippen LogP contribution in [0.2, 0.25) is 0 Å². The van der Waals surface area contributed by atoms with Crippen molar-refractivity contribution in [3.05, 3.63) is 0 Å². The molecule has 0 aromatic heterocycles. The molecule has 0 aliphatic carbocycles. The molecule has 0 amide bonds. The van der Waals surface area contributed by atoms with Gasteiger partial charge in [0, 0.05) is 0 Å². The fourth-order valence-corrected chi connectivity index (χ4v) is 1.21. The molecule has 0 saturated heterocycles. The van der Waals surface area contributed by atoms with Crippen LogP contribution in [-0.4, -0.2) is 45.2 Å². The van der Waals surface area contributed by atoms with Crippen molar-refractivity contribution in [2.24, 2.45) is 5.41 Å². The van der Waals surface area contributed by atoms with Crippen molar-refractivity contribution in [3.63, 3.8) is 0 Å². The SMILES string of the molecule is CCCCCCC(C)(C(=O)O)C(=O)O.[H-].[H-].[Mg+2]. The molecule has 0 rings (SSSR count). The van der Waals surface area contributed by atoms with E-state index in [2.05, 4.69) is 0 Å². The molecule has 0 fully saturated rings. The van der Waals surface area contributed by atoms with Crippen LogP contribution >= 0.6 is 0 Å². The number of carboxylic acid groups (broad SMARTS) is 2. The van der Waals surface area contributed by atoms with E-state index in [4.69, 9.17) is 10.2 Å². The van der Waals surface area contributed by atoms with Crippen molar-refractivity contribution in [1.82, 2.24) is 0 Å². The van der Waals surface area contributed by atoms with E-state index in [1.165, 1.54) is 6.92 Å². The summed E-state index contributed by atoms with van der Waals surface area (Å²) in [4.78, 5) is 21.5. The summed E-state index contributed by atoms with van der Waals surface area (Å²) in [5, 5.41) is 17.6. The Bertz CT molecular complexity index is 210. The van der Waals surface area contributed by atoms with Gasteiger partial charge in [0.15, 0.2) is 5.41 Å². The summed E-state index contributed by atoms with van der Waals surface area (Å²) in [6.45, 7) is 3.32. The minimum atomic E-state index is -1.62. The van der Waals surface area contributed by atoms with E-state index in [-0.39, 0.29) is 32.3 Å². The van der Waals surface area contributed by atoms with E-state index >= 15 is 0 Å². The Kier molecular flexibility index (Phi) is 9.04. The maximum atomic E-state index is 10.7. The number of carbonyl (C=O) groups is 2. The maximum absolute atomic E-state index is 10.7. The second kappa shape index (κ2) is 7.93. The molecule has 0 aliphatic heterocycles. The first kappa shape index (κ1) is 17.1. The standard InChI is InChI=1S/C10H18O4.Mg.2H/c1-3-4-5-6-7-10(2,8(11)12)9(13)14;;;/h3-7H2,1-2H3,(H,11,12)(H,13,14);;;/q;+2;2*-1. The van der Waals surface area contributed by atoms with Crippen molar-refractivity contribution in [1.29, 1.82) is 0 Å². The second-order valence-electron chi connectivity index (χ2n) is 3.75. The summed E-state index contributed by atoms with van der Waals surface area (Å²) >= 11 is 0. The van der Waals surface area contributed by atoms with Crippen LogP contribution in [0.5, 0.6) is 0 Å². The predicted molar refractivity (Wildman–Crippen MR) is 60.1 cm³/mol. The Morgan fingerprint density at radius 2 is 1.60 bits per heavy atom. The van der Waals surface area contributed by atoms with Gasteiger partial charge in [-0.05, 0) is 13.3 Å². The molecule has 86 valence electrons. The molecule has 0 aromatic rings. The molecule has 0 atom stereocenters. The van der Waals surface area contributed by atoms with Gasteiger partial charge in [0.05, 0.1) is 0 Å². The van der Waals surface area contributed by atoms with E-state index < -0.39 is 17.4 Å². The Morgan fingerprint density at radius 3 is 1.93 bits per heavy atom. The zero-order valence-corrected chi connectivity index (χ0v) is 10.9. The van der Waals surface area contributed by atoms with Gasteiger partial charge >= 0.3 is 35.0 Å². The first-order valence-corrected chi connectivity index (χ1v) is 4.92. The third-order valence-corrected chi connectivity index (χ3v) is 2.47. The van der Waals surface area contributed by atoms with Crippen LogP contribution in [0.4, 0.5) is 0 Å². The van der Waals surface area contributed by atoms with Gasteiger partial charge in [-0.1, -0.05) is 32.6 Å². The molecule has 0 radical (unpaired) electrons. The number of rotatable bonds is 7. The Balaban J connectivity index is -0.000000282. The Morgan fingerprint density at radius 1 is 1.13 bits per heavy atom. The van der Waals surface area contributed by atoms with E-state index in [9.17, 15) is 9.59 Å². The summed E-state index contributed by atoms with van der Waals surface area (Å²) in [6.07, 6.45) is 3.83. The van der Waals surface area contributed by atoms with Gasteiger partial charge in [-0.15, -0.1) is 0 Å². The van der Waals surface area contributed by atoms with Crippen LogP contribution in [0.1, 0.15) is 48.8 Å². The number of aliphatic carboxylic acids is 2. The van der Waals surface area contributed by atoms with Crippen molar-refractivity contribution in [3.8, 4) is 0 Å². The summed E-state index contributed by atoms with van der Waals surface area (Å²) in [6, 6.07) is 0. The fraction of sp³-hybridized carbons (Fsp3) is 0.800. The third kappa shape index (κ3) is 5.37. The second-order valence-corrected chi connectivity index (χ2v) is 3.75. The summed E-state index contributed by atoms with van der Waals surface area (Å²) in [5.74, 6) is -2.50. The van der Waals surface area contributed by atoms with Crippen LogP contribution in [-0.2, 0) is 9.59 Å². The smallest absolute Gasteiger partial charge is 1.00 e. The molecule has 0 heterocycles. The molecule has 4 nitrogen and oxygen atoms in total. The molecule has 0 aliphatic rings. The number of hydrogen-bond donors (Lipinski definition) is 2. The van der Waals surface area contributed by atoms with Crippen molar-refractivity contribution in [2.75, 3.05) is 0 Å². The average molecular weight is 229 g/mol. The van der Waals surface area contributed by atoms with Crippen LogP contribution in [0, 0.1) is 5.41 Å². The van der Waals surface area contributed by atoms with E-state index in [1.807, 2.05) is 6.92 Å². The van der Waals surface area contributed by atoms with Gasteiger partial charge in [-0.2, -0.15) is 0 Å². The number of hydrogen-bond acceptors (Lipinski definition) is 2. The number of unbranched alkanes of at least 4 members (excludes halogenated alkanes) is 3. The van der Waals surface area contributed by atoms with E-state index in [0.717, 1.165) is 19.3 Å². The third-order valence-electron chi connectivity index (χ3n) is 2.47. The molecule has 0 bridgehead atoms. The molecule has 2 N–H and O–H groups in total. The average Bonchev–Trinajstić information content (AvgIpc) is 2.11. The van der Waals surface area contributed by atoms with Crippen molar-refractivity contribution in [2.45, 2.75) is 46.0 Å². The van der Waals surface area contributed by atoms with Crippen LogP contribution in [0.3, 0.4) is 0 Å². The Hall–Kier alpha value is -0.294. The van der Waals surface area contributed by atoms with Gasteiger partial charge in [0.1, 0.15) is 0 Å². The molecule has 5 heteroatoms. The van der Waals surface area contributed by atoms with Crippen molar-refractivity contribution < 1.29 is 22.7 Å². The van der Waals surface area contributed by atoms with Crippen LogP contribution < -0.4 is 0 Å². The zero-order chi connectivity index (χ0) is 11.2. The van der Waals surface area contributed by atoms with E-state index in [1.54, 1.807) is 0 Å². The minimum absolute atomic E-state index is 0. The fourth-order valence-electron chi connectivity index (χ4n) is 1.21. The first-order chi connectivity index (χ1) is 6.45. The molecule has 0 unspecified atom stereocenters. The largest absolute Gasteiger partial charge is 2.00 e. The van der Waals surface area contributed by atoms with Crippen LogP contribution in [0.25, 0.3) is 0 Å². The van der Waals surface area contributed by atoms with Gasteiger partial charge < -0.3 is 13.1 Å². The molecule has 0 spiro atoms. The molecule has 0 saturated carbocycles. The summed E-state index contributed by atoms with van der Waals surface area (Å²) < 4.78 is 0. The molecular formula is C10H20MgO4. The van der Waals surface area contributed by atoms with Gasteiger partial charge in [0.2, 0.25) is 0 Å². The predicted octanol–water partition coefficient (Wildman–Crippen LogP) is 1.98. The van der Waals surface area contributed by atoms with Gasteiger partial charge in [-0.3, -0.25) is 9.59 Å². The zero-order valence-electron chi connectivity index (χ0n) is 11.5. The van der Waals surface area contributed by atoms with Crippen molar-refractivity contribution >= 4 is 35.0 Å². The first-order valence-electron chi connectivity index (χ1n) is 4.92. The van der Waals surface area contributed by atoms with Gasteiger partial charge in [-0.25, -0.2) is 0 Å². The minimum Gasteiger partial charge on any atom is -1.00 e. The van der Waals surface area contributed by atoms with Gasteiger partial charge in [0.25, 0.3) is 0 Å². The normalized spacial score (nSPS) is 10.5. The quantitative estimate of drug-likeness (QED) is 0.397. The maximum Gasteiger partial charge on any atom is 2.00 e. The van der Waals surface area contributed by atoms with Crippen LogP contribution in [0.15, 0.2) is 0 Å². The Labute approximate surface area is 109 Å². The number of carboxylic acids is 2. The molecule has 0 aromatic carbocycles. The monoisotopic (exact) mass is 228 g/mol.